The lowest BCUT2D eigenvalue weighted by atomic mass is 10.0. The zero-order chi connectivity index (χ0) is 28.6. The largest absolute Gasteiger partial charge is 0.463 e. The third kappa shape index (κ3) is 23.0. The van der Waals surface area contributed by atoms with Gasteiger partial charge in [-0.1, -0.05) is 110 Å². The Morgan fingerprint density at radius 3 is 1.90 bits per heavy atom. The number of hydrogen-bond acceptors (Lipinski definition) is 6. The summed E-state index contributed by atoms with van der Waals surface area (Å²) in [6, 6.07) is 0. The van der Waals surface area contributed by atoms with Crippen molar-refractivity contribution in [2.24, 2.45) is 5.92 Å². The fourth-order valence-corrected chi connectivity index (χ4v) is 4.75. The van der Waals surface area contributed by atoms with E-state index >= 15 is 0 Å². The highest BCUT2D eigenvalue weighted by Crippen LogP contribution is 2.30. The number of ether oxygens (including phenoxy) is 3. The van der Waals surface area contributed by atoms with Gasteiger partial charge in [0, 0.05) is 12.8 Å². The van der Waals surface area contributed by atoms with E-state index in [1.807, 2.05) is 0 Å². The van der Waals surface area contributed by atoms with Crippen molar-refractivity contribution in [2.45, 2.75) is 167 Å². The van der Waals surface area contributed by atoms with Gasteiger partial charge in [0.15, 0.2) is 0 Å². The van der Waals surface area contributed by atoms with E-state index in [1.165, 1.54) is 57.8 Å². The van der Waals surface area contributed by atoms with Crippen LogP contribution in [0.3, 0.4) is 0 Å². The summed E-state index contributed by atoms with van der Waals surface area (Å²) in [6.07, 6.45) is 25.8. The van der Waals surface area contributed by atoms with Gasteiger partial charge in [-0.3, -0.25) is 9.59 Å². The summed E-state index contributed by atoms with van der Waals surface area (Å²) >= 11 is 0. The quantitative estimate of drug-likeness (QED) is 0.0478. The summed E-state index contributed by atoms with van der Waals surface area (Å²) in [7, 11) is 0. The van der Waals surface area contributed by atoms with Gasteiger partial charge in [0.05, 0.1) is 12.2 Å². The highest BCUT2D eigenvalue weighted by atomic mass is 16.6. The van der Waals surface area contributed by atoms with Crippen LogP contribution in [0.25, 0.3) is 0 Å². The minimum absolute atomic E-state index is 0.123. The summed E-state index contributed by atoms with van der Waals surface area (Å²) in [5.41, 5.74) is 0. The highest BCUT2D eigenvalue weighted by molar-refractivity contribution is 5.69. The zero-order valence-electron chi connectivity index (χ0n) is 25.5. The van der Waals surface area contributed by atoms with Gasteiger partial charge in [-0.25, -0.2) is 0 Å². The Balaban J connectivity index is 1.86. The first-order valence-electron chi connectivity index (χ1n) is 16.2. The number of carbonyl (C=O) groups is 2. The van der Waals surface area contributed by atoms with E-state index < -0.39 is 6.10 Å². The van der Waals surface area contributed by atoms with Gasteiger partial charge in [-0.2, -0.15) is 0 Å². The van der Waals surface area contributed by atoms with Gasteiger partial charge in [0.2, 0.25) is 0 Å². The molecule has 1 aliphatic heterocycles. The van der Waals surface area contributed by atoms with Crippen LogP contribution in [0.2, 0.25) is 0 Å². The molecular formula is C33H60O6. The van der Waals surface area contributed by atoms with Gasteiger partial charge < -0.3 is 19.3 Å². The molecule has 0 radical (unpaired) electrons. The lowest BCUT2D eigenvalue weighted by Crippen LogP contribution is -2.25. The van der Waals surface area contributed by atoms with Gasteiger partial charge in [0.25, 0.3) is 0 Å². The van der Waals surface area contributed by atoms with Gasteiger partial charge in [-0.15, -0.1) is 0 Å². The molecule has 0 aromatic carbocycles. The predicted octanol–water partition coefficient (Wildman–Crippen LogP) is 8.24. The van der Waals surface area contributed by atoms with Gasteiger partial charge in [0.1, 0.15) is 19.3 Å². The van der Waals surface area contributed by atoms with E-state index in [9.17, 15) is 14.7 Å². The zero-order valence-corrected chi connectivity index (χ0v) is 25.5. The Hall–Kier alpha value is -1.40. The van der Waals surface area contributed by atoms with Crippen molar-refractivity contribution in [1.82, 2.24) is 0 Å². The first kappa shape index (κ1) is 35.6. The van der Waals surface area contributed by atoms with Crippen molar-refractivity contribution >= 4 is 11.9 Å². The molecule has 228 valence electrons. The van der Waals surface area contributed by atoms with Crippen LogP contribution in [0.1, 0.15) is 149 Å². The van der Waals surface area contributed by atoms with E-state index in [0.29, 0.717) is 25.0 Å². The normalized spacial score (nSPS) is 17.6. The molecule has 0 bridgehead atoms. The number of esters is 2. The maximum Gasteiger partial charge on any atom is 0.305 e. The second-order valence-corrected chi connectivity index (χ2v) is 11.8. The number of rotatable bonds is 27. The average Bonchev–Trinajstić information content (AvgIpc) is 3.66. The van der Waals surface area contributed by atoms with E-state index in [2.05, 4.69) is 32.9 Å². The van der Waals surface area contributed by atoms with Crippen molar-refractivity contribution in [1.29, 1.82) is 0 Å². The lowest BCUT2D eigenvalue weighted by Gasteiger charge is -2.12. The third-order valence-electron chi connectivity index (χ3n) is 7.35. The topological polar surface area (TPSA) is 85.4 Å². The molecule has 0 aromatic heterocycles. The van der Waals surface area contributed by atoms with Crippen LogP contribution >= 0.6 is 0 Å². The summed E-state index contributed by atoms with van der Waals surface area (Å²) in [4.78, 5) is 23.7. The monoisotopic (exact) mass is 552 g/mol. The molecule has 1 fully saturated rings. The van der Waals surface area contributed by atoms with Crippen LogP contribution < -0.4 is 0 Å². The van der Waals surface area contributed by atoms with E-state index in [-0.39, 0.29) is 25.2 Å². The SMILES string of the molecule is CCCCC/C=C\CC1OC1CCCCCCCC(=O)OC[C@@H](O)COC(=O)CCCCCCCCC(C)C. The maximum absolute atomic E-state index is 11.9. The first-order valence-corrected chi connectivity index (χ1v) is 16.2. The minimum atomic E-state index is -0.969. The summed E-state index contributed by atoms with van der Waals surface area (Å²) in [6.45, 7) is 6.49. The van der Waals surface area contributed by atoms with Crippen LogP contribution in [0.4, 0.5) is 0 Å². The van der Waals surface area contributed by atoms with E-state index in [1.54, 1.807) is 0 Å². The molecule has 1 saturated heterocycles. The predicted molar refractivity (Wildman–Crippen MR) is 159 cm³/mol. The molecule has 0 aromatic rings. The number of aliphatic hydroxyl groups excluding tert-OH is 1. The van der Waals surface area contributed by atoms with Gasteiger partial charge in [-0.05, 0) is 44.4 Å². The van der Waals surface area contributed by atoms with Crippen molar-refractivity contribution in [3.8, 4) is 0 Å². The summed E-state index contributed by atoms with van der Waals surface area (Å²) in [5, 5.41) is 9.94. The molecule has 1 N–H and O–H groups in total. The fourth-order valence-electron chi connectivity index (χ4n) is 4.75. The molecule has 2 unspecified atom stereocenters. The Morgan fingerprint density at radius 1 is 0.744 bits per heavy atom. The molecule has 1 aliphatic rings. The summed E-state index contributed by atoms with van der Waals surface area (Å²) < 4.78 is 16.0. The second-order valence-electron chi connectivity index (χ2n) is 11.8. The standard InChI is InChI=1S/C33H60O6/c1-4-5-6-7-12-17-22-30-31(39-30)23-18-13-10-15-20-25-33(36)38-27-29(34)26-37-32(35)24-19-14-9-8-11-16-21-28(2)3/h12,17,28-31,34H,4-11,13-16,18-27H2,1-3H3/b17-12-/t29-,30?,31?/m0/s1. The number of allylic oxidation sites excluding steroid dienone is 1. The number of epoxide rings is 1. The molecule has 1 heterocycles. The molecule has 0 spiro atoms. The Kier molecular flexibility index (Phi) is 22.3. The first-order chi connectivity index (χ1) is 18.9. The maximum atomic E-state index is 11.9. The molecule has 0 amide bonds. The van der Waals surface area contributed by atoms with E-state index in [0.717, 1.165) is 63.7 Å². The molecule has 3 atom stereocenters. The Bertz CT molecular complexity index is 632. The Labute approximate surface area is 239 Å². The highest BCUT2D eigenvalue weighted by Gasteiger charge is 2.36. The third-order valence-corrected chi connectivity index (χ3v) is 7.35. The number of carbonyl (C=O) groups excluding carboxylic acids is 2. The van der Waals surface area contributed by atoms with Crippen LogP contribution in [-0.2, 0) is 23.8 Å². The van der Waals surface area contributed by atoms with Crippen molar-refractivity contribution in [3.05, 3.63) is 12.2 Å². The minimum Gasteiger partial charge on any atom is -0.463 e. The molecule has 6 nitrogen and oxygen atoms in total. The Morgan fingerprint density at radius 2 is 1.31 bits per heavy atom. The van der Waals surface area contributed by atoms with Crippen LogP contribution in [0.15, 0.2) is 12.2 Å². The second kappa shape index (κ2) is 24.4. The molecule has 1 rings (SSSR count). The molecule has 39 heavy (non-hydrogen) atoms. The van der Waals surface area contributed by atoms with Crippen LogP contribution in [0.5, 0.6) is 0 Å². The number of unbranched alkanes of at least 4 members (excludes halogenated alkanes) is 12. The van der Waals surface area contributed by atoms with Crippen LogP contribution in [0, 0.1) is 5.92 Å². The molecular weight excluding hydrogens is 492 g/mol. The van der Waals surface area contributed by atoms with Gasteiger partial charge >= 0.3 is 11.9 Å². The molecule has 0 aliphatic carbocycles. The summed E-state index contributed by atoms with van der Waals surface area (Å²) in [5.74, 6) is 0.183. The van der Waals surface area contributed by atoms with Crippen LogP contribution in [-0.4, -0.2) is 48.6 Å². The lowest BCUT2D eigenvalue weighted by molar-refractivity contribution is -0.152. The van der Waals surface area contributed by atoms with Crippen molar-refractivity contribution in [3.63, 3.8) is 0 Å². The molecule has 0 saturated carbocycles. The smallest absolute Gasteiger partial charge is 0.305 e. The number of hydrogen-bond donors (Lipinski definition) is 1. The number of aliphatic hydroxyl groups is 1. The van der Waals surface area contributed by atoms with Crippen molar-refractivity contribution < 1.29 is 28.9 Å². The molecule has 6 heteroatoms. The van der Waals surface area contributed by atoms with Crippen molar-refractivity contribution in [2.75, 3.05) is 13.2 Å². The average molecular weight is 553 g/mol. The van der Waals surface area contributed by atoms with E-state index in [4.69, 9.17) is 14.2 Å². The fraction of sp³-hybridized carbons (Fsp3) is 0.879.